The number of rotatable bonds is 1. The second kappa shape index (κ2) is 4.23. The summed E-state index contributed by atoms with van der Waals surface area (Å²) in [7, 11) is 0. The molecule has 3 aromatic rings. The highest BCUT2D eigenvalue weighted by Gasteiger charge is 2.17. The van der Waals surface area contributed by atoms with E-state index in [1.807, 2.05) is 16.8 Å². The van der Waals surface area contributed by atoms with Crippen LogP contribution in [-0.4, -0.2) is 9.61 Å². The highest BCUT2D eigenvalue weighted by atomic mass is 15.2. The zero-order chi connectivity index (χ0) is 13.5. The summed E-state index contributed by atoms with van der Waals surface area (Å²) in [4.78, 5) is 0. The van der Waals surface area contributed by atoms with Crippen LogP contribution in [0.25, 0.3) is 16.6 Å². The van der Waals surface area contributed by atoms with Crippen molar-refractivity contribution in [2.45, 2.75) is 26.2 Å². The van der Waals surface area contributed by atoms with Gasteiger partial charge in [0.05, 0.1) is 11.2 Å². The first kappa shape index (κ1) is 12.0. The summed E-state index contributed by atoms with van der Waals surface area (Å²) < 4.78 is 1.95. The molecule has 0 unspecified atom stereocenters. The fourth-order valence-corrected chi connectivity index (χ4v) is 2.17. The van der Waals surface area contributed by atoms with E-state index in [4.69, 9.17) is 0 Å². The van der Waals surface area contributed by atoms with Gasteiger partial charge in [-0.05, 0) is 29.3 Å². The van der Waals surface area contributed by atoms with E-state index in [-0.39, 0.29) is 5.41 Å². The molecule has 0 aliphatic rings. The summed E-state index contributed by atoms with van der Waals surface area (Å²) in [5, 5.41) is 4.64. The highest BCUT2D eigenvalue weighted by molar-refractivity contribution is 5.68. The van der Waals surface area contributed by atoms with E-state index in [1.165, 1.54) is 11.1 Å². The molecule has 2 nitrogen and oxygen atoms in total. The van der Waals surface area contributed by atoms with Crippen LogP contribution < -0.4 is 0 Å². The van der Waals surface area contributed by atoms with E-state index < -0.39 is 0 Å². The van der Waals surface area contributed by atoms with E-state index in [1.54, 1.807) is 0 Å². The van der Waals surface area contributed by atoms with Crippen LogP contribution >= 0.6 is 0 Å². The lowest BCUT2D eigenvalue weighted by molar-refractivity contribution is 0.562. The maximum atomic E-state index is 4.64. The second-order valence-electron chi connectivity index (χ2n) is 5.93. The first-order valence-electron chi connectivity index (χ1n) is 6.59. The first-order chi connectivity index (χ1) is 9.04. The van der Waals surface area contributed by atoms with Crippen LogP contribution in [-0.2, 0) is 5.41 Å². The van der Waals surface area contributed by atoms with Crippen molar-refractivity contribution in [1.29, 1.82) is 0 Å². The van der Waals surface area contributed by atoms with Gasteiger partial charge in [0.15, 0.2) is 0 Å². The Hall–Kier alpha value is -2.09. The number of fused-ring (bicyclic) bond motifs is 1. The zero-order valence-corrected chi connectivity index (χ0v) is 11.6. The molecule has 19 heavy (non-hydrogen) atoms. The number of pyridine rings is 1. The lowest BCUT2D eigenvalue weighted by Gasteiger charge is -2.13. The minimum absolute atomic E-state index is 0.0823. The Morgan fingerprint density at radius 3 is 2.32 bits per heavy atom. The summed E-state index contributed by atoms with van der Waals surface area (Å²) in [6, 6.07) is 16.9. The lowest BCUT2D eigenvalue weighted by atomic mass is 9.92. The molecule has 96 valence electrons. The Kier molecular flexibility index (Phi) is 2.67. The minimum atomic E-state index is 0.0823. The molecule has 1 aromatic carbocycles. The van der Waals surface area contributed by atoms with Gasteiger partial charge in [0.25, 0.3) is 0 Å². The van der Waals surface area contributed by atoms with Gasteiger partial charge >= 0.3 is 0 Å². The van der Waals surface area contributed by atoms with Crippen molar-refractivity contribution in [3.8, 4) is 11.1 Å². The third-order valence-corrected chi connectivity index (χ3v) is 3.34. The van der Waals surface area contributed by atoms with Crippen LogP contribution in [0.3, 0.4) is 0 Å². The summed E-state index contributed by atoms with van der Waals surface area (Å²) in [5.74, 6) is 0. The van der Waals surface area contributed by atoms with Gasteiger partial charge in [0.1, 0.15) is 0 Å². The Labute approximate surface area is 113 Å². The molecule has 0 bridgehead atoms. The lowest BCUT2D eigenvalue weighted by Crippen LogP contribution is -2.11. The normalized spacial score (nSPS) is 11.9. The average molecular weight is 250 g/mol. The van der Waals surface area contributed by atoms with Crippen molar-refractivity contribution in [2.24, 2.45) is 0 Å². The third-order valence-electron chi connectivity index (χ3n) is 3.34. The molecule has 0 atom stereocenters. The Balaban J connectivity index is 2.11. The van der Waals surface area contributed by atoms with Gasteiger partial charge in [-0.15, -0.1) is 0 Å². The third kappa shape index (κ3) is 2.26. The van der Waals surface area contributed by atoms with E-state index in [9.17, 15) is 0 Å². The average Bonchev–Trinajstić information content (AvgIpc) is 2.82. The topological polar surface area (TPSA) is 17.3 Å². The van der Waals surface area contributed by atoms with Crippen LogP contribution in [0.4, 0.5) is 0 Å². The van der Waals surface area contributed by atoms with Crippen LogP contribution in [0.1, 0.15) is 26.5 Å². The van der Waals surface area contributed by atoms with Gasteiger partial charge in [-0.1, -0.05) is 51.1 Å². The number of aromatic nitrogens is 2. The van der Waals surface area contributed by atoms with Crippen molar-refractivity contribution >= 4 is 5.52 Å². The molecule has 0 fully saturated rings. The molecule has 0 radical (unpaired) electrons. The predicted octanol–water partition coefficient (Wildman–Crippen LogP) is 4.30. The Bertz CT molecular complexity index is 703. The Morgan fingerprint density at radius 1 is 0.895 bits per heavy atom. The smallest absolute Gasteiger partial charge is 0.0688 e. The molecule has 3 rings (SSSR count). The maximum absolute atomic E-state index is 4.64. The molecular formula is C17H18N2. The fourth-order valence-electron chi connectivity index (χ4n) is 2.17. The molecule has 0 amide bonds. The van der Waals surface area contributed by atoms with E-state index in [2.05, 4.69) is 68.3 Å². The van der Waals surface area contributed by atoms with Crippen LogP contribution in [0.5, 0.6) is 0 Å². The molecule has 0 saturated carbocycles. The minimum Gasteiger partial charge on any atom is -0.241 e. The summed E-state index contributed by atoms with van der Waals surface area (Å²) in [6.45, 7) is 6.56. The van der Waals surface area contributed by atoms with Crippen LogP contribution in [0.15, 0.2) is 54.7 Å². The monoisotopic (exact) mass is 250 g/mol. The van der Waals surface area contributed by atoms with Gasteiger partial charge in [0, 0.05) is 11.6 Å². The number of hydrogen-bond donors (Lipinski definition) is 0. The van der Waals surface area contributed by atoms with Gasteiger partial charge in [-0.2, -0.15) is 5.10 Å². The van der Waals surface area contributed by atoms with Gasteiger partial charge in [0.2, 0.25) is 0 Å². The van der Waals surface area contributed by atoms with Crippen molar-refractivity contribution < 1.29 is 0 Å². The first-order valence-corrected chi connectivity index (χ1v) is 6.59. The van der Waals surface area contributed by atoms with E-state index in [0.717, 1.165) is 11.2 Å². The van der Waals surface area contributed by atoms with Crippen molar-refractivity contribution in [2.75, 3.05) is 0 Å². The molecule has 0 N–H and O–H groups in total. The molecular weight excluding hydrogens is 232 g/mol. The zero-order valence-electron chi connectivity index (χ0n) is 11.6. The largest absolute Gasteiger partial charge is 0.241 e. The summed E-state index contributed by atoms with van der Waals surface area (Å²) >= 11 is 0. The molecule has 0 aliphatic carbocycles. The standard InChI is InChI=1S/C17H18N2/c1-17(2,3)16-12-15-11-14(9-10-19(15)18-16)13-7-5-4-6-8-13/h4-12H,1-3H3. The molecule has 0 saturated heterocycles. The molecule has 2 heterocycles. The van der Waals surface area contributed by atoms with Crippen LogP contribution in [0, 0.1) is 0 Å². The van der Waals surface area contributed by atoms with Crippen molar-refractivity contribution in [1.82, 2.24) is 9.61 Å². The quantitative estimate of drug-likeness (QED) is 0.629. The fraction of sp³-hybridized carbons (Fsp3) is 0.235. The number of hydrogen-bond acceptors (Lipinski definition) is 1. The summed E-state index contributed by atoms with van der Waals surface area (Å²) in [5.41, 5.74) is 4.82. The molecule has 2 heteroatoms. The second-order valence-corrected chi connectivity index (χ2v) is 5.93. The van der Waals surface area contributed by atoms with Gasteiger partial charge in [-0.3, -0.25) is 0 Å². The highest BCUT2D eigenvalue weighted by Crippen LogP contribution is 2.25. The van der Waals surface area contributed by atoms with Crippen molar-refractivity contribution in [3.05, 3.63) is 60.4 Å². The number of nitrogens with zero attached hydrogens (tertiary/aromatic N) is 2. The number of benzene rings is 1. The van der Waals surface area contributed by atoms with E-state index in [0.29, 0.717) is 0 Å². The van der Waals surface area contributed by atoms with Crippen LogP contribution in [0.2, 0.25) is 0 Å². The predicted molar refractivity (Wildman–Crippen MR) is 79.3 cm³/mol. The SMILES string of the molecule is CC(C)(C)c1cc2cc(-c3ccccc3)ccn2n1. The maximum Gasteiger partial charge on any atom is 0.0688 e. The van der Waals surface area contributed by atoms with E-state index >= 15 is 0 Å². The summed E-state index contributed by atoms with van der Waals surface area (Å²) in [6.07, 6.45) is 2.03. The molecule has 2 aromatic heterocycles. The molecule has 0 spiro atoms. The molecule has 0 aliphatic heterocycles. The Morgan fingerprint density at radius 2 is 1.63 bits per heavy atom. The van der Waals surface area contributed by atoms with Gasteiger partial charge < -0.3 is 0 Å². The van der Waals surface area contributed by atoms with Crippen molar-refractivity contribution in [3.63, 3.8) is 0 Å². The van der Waals surface area contributed by atoms with Gasteiger partial charge in [-0.25, -0.2) is 4.52 Å².